The van der Waals surface area contributed by atoms with E-state index in [0.717, 1.165) is 6.07 Å². The Morgan fingerprint density at radius 3 is 2.61 bits per heavy atom. The van der Waals surface area contributed by atoms with Crippen molar-refractivity contribution in [2.24, 2.45) is 0 Å². The number of carbonyl (C=O) groups is 1. The topological polar surface area (TPSA) is 86.3 Å². The van der Waals surface area contributed by atoms with E-state index in [1.54, 1.807) is 6.92 Å². The number of hydrogen-bond acceptors (Lipinski definition) is 6. The summed E-state index contributed by atoms with van der Waals surface area (Å²) in [6.07, 6.45) is -4.89. The van der Waals surface area contributed by atoms with Gasteiger partial charge >= 0.3 is 12.3 Å². The number of methoxy groups -OCH3 is 1. The van der Waals surface area contributed by atoms with Gasteiger partial charge < -0.3 is 14.2 Å². The third-order valence-corrected chi connectivity index (χ3v) is 2.68. The van der Waals surface area contributed by atoms with Crippen LogP contribution in [0.3, 0.4) is 0 Å². The lowest BCUT2D eigenvalue weighted by Gasteiger charge is -2.13. The molecule has 1 aromatic heterocycles. The highest BCUT2D eigenvalue weighted by molar-refractivity contribution is 5.94. The summed E-state index contributed by atoms with van der Waals surface area (Å²) in [5.74, 6) is -1.42. The molecule has 0 unspecified atom stereocenters. The summed E-state index contributed by atoms with van der Waals surface area (Å²) < 4.78 is 50.9. The summed E-state index contributed by atoms with van der Waals surface area (Å²) in [6.45, 7) is 1.73. The van der Waals surface area contributed by atoms with Crippen molar-refractivity contribution >= 4 is 5.97 Å². The lowest BCUT2D eigenvalue weighted by atomic mass is 10.1. The number of benzene rings is 1. The number of halogens is 3. The number of hydrogen-bond donors (Lipinski definition) is 1. The van der Waals surface area contributed by atoms with Crippen LogP contribution < -0.4 is 9.47 Å². The van der Waals surface area contributed by atoms with E-state index in [4.69, 9.17) is 9.47 Å². The maximum atomic E-state index is 12.5. The molecule has 1 N–H and O–H groups in total. The molecule has 7 nitrogen and oxygen atoms in total. The Bertz CT molecular complexity index is 700. The van der Waals surface area contributed by atoms with Gasteiger partial charge in [-0.15, -0.1) is 18.3 Å². The number of rotatable bonds is 5. The smallest absolute Gasteiger partial charge is 0.493 e. The predicted molar refractivity (Wildman–Crippen MR) is 71.0 cm³/mol. The van der Waals surface area contributed by atoms with Gasteiger partial charge in [0, 0.05) is 5.56 Å². The molecule has 1 aromatic carbocycles. The summed E-state index contributed by atoms with van der Waals surface area (Å²) in [5, 5.41) is 9.66. The first kappa shape index (κ1) is 16.6. The highest BCUT2D eigenvalue weighted by Gasteiger charge is 2.33. The fourth-order valence-corrected chi connectivity index (χ4v) is 1.80. The fourth-order valence-electron chi connectivity index (χ4n) is 1.80. The van der Waals surface area contributed by atoms with Gasteiger partial charge in [0.2, 0.25) is 0 Å². The van der Waals surface area contributed by atoms with Gasteiger partial charge in [-0.1, -0.05) is 0 Å². The number of nitrogens with zero attached hydrogens (tertiary/aromatic N) is 2. The Morgan fingerprint density at radius 1 is 1.26 bits per heavy atom. The minimum Gasteiger partial charge on any atom is -0.493 e. The van der Waals surface area contributed by atoms with Crippen LogP contribution in [-0.4, -0.2) is 41.5 Å². The first-order valence-corrected chi connectivity index (χ1v) is 6.37. The van der Waals surface area contributed by atoms with E-state index >= 15 is 0 Å². The first-order chi connectivity index (χ1) is 10.9. The number of alkyl halides is 3. The van der Waals surface area contributed by atoms with Crippen molar-refractivity contribution in [1.82, 2.24) is 15.4 Å². The monoisotopic (exact) mass is 331 g/mol. The quantitative estimate of drug-likeness (QED) is 0.848. The summed E-state index contributed by atoms with van der Waals surface area (Å²) in [6, 6.07) is 3.73. The van der Waals surface area contributed by atoms with Crippen molar-refractivity contribution in [1.29, 1.82) is 0 Å². The van der Waals surface area contributed by atoms with Crippen LogP contribution in [0.25, 0.3) is 11.3 Å². The van der Waals surface area contributed by atoms with Crippen LogP contribution >= 0.6 is 0 Å². The lowest BCUT2D eigenvalue weighted by molar-refractivity contribution is -0.275. The molecule has 10 heteroatoms. The van der Waals surface area contributed by atoms with Gasteiger partial charge in [0.25, 0.3) is 0 Å². The highest BCUT2D eigenvalue weighted by atomic mass is 19.4. The number of carbonyl (C=O) groups excluding carboxylic acids is 1. The van der Waals surface area contributed by atoms with E-state index in [2.05, 4.69) is 20.1 Å². The fraction of sp³-hybridized carbons (Fsp3) is 0.308. The van der Waals surface area contributed by atoms with Gasteiger partial charge in [-0.05, 0) is 25.1 Å². The van der Waals surface area contributed by atoms with Crippen LogP contribution in [0, 0.1) is 0 Å². The van der Waals surface area contributed by atoms with Crippen LogP contribution in [0.1, 0.15) is 17.4 Å². The Balaban J connectivity index is 2.43. The number of ether oxygens (including phenoxy) is 3. The summed E-state index contributed by atoms with van der Waals surface area (Å²) in [7, 11) is 1.21. The Hall–Kier alpha value is -2.78. The van der Waals surface area contributed by atoms with Crippen LogP contribution in [0.4, 0.5) is 13.2 Å². The van der Waals surface area contributed by atoms with Crippen molar-refractivity contribution in [2.45, 2.75) is 13.3 Å². The van der Waals surface area contributed by atoms with E-state index in [-0.39, 0.29) is 29.3 Å². The molecule has 0 fully saturated rings. The molecule has 0 atom stereocenters. The molecule has 2 rings (SSSR count). The molecular weight excluding hydrogens is 319 g/mol. The Morgan fingerprint density at radius 2 is 2.00 bits per heavy atom. The molecule has 0 spiro atoms. The summed E-state index contributed by atoms with van der Waals surface area (Å²) in [5.41, 5.74) is 0.0787. The number of aromatic nitrogens is 3. The lowest BCUT2D eigenvalue weighted by Crippen LogP contribution is -2.17. The molecular formula is C13H12F3N3O4. The van der Waals surface area contributed by atoms with E-state index in [0.29, 0.717) is 0 Å². The third-order valence-electron chi connectivity index (χ3n) is 2.68. The molecule has 0 bridgehead atoms. The summed E-state index contributed by atoms with van der Waals surface area (Å²) in [4.78, 5) is 11.8. The molecule has 0 saturated heterocycles. The standard InChI is InChI=1S/C13H12F3N3O4/c1-3-22-12(20)11-10(17-19-18-11)7-4-5-8(21-2)9(6-7)23-13(14,15)16/h4-6H,3H2,1-2H3,(H,17,18,19). The predicted octanol–water partition coefficient (Wildman–Crippen LogP) is 2.56. The highest BCUT2D eigenvalue weighted by Crippen LogP contribution is 2.36. The van der Waals surface area contributed by atoms with Crippen LogP contribution in [0.15, 0.2) is 18.2 Å². The van der Waals surface area contributed by atoms with Gasteiger partial charge in [-0.25, -0.2) is 4.79 Å². The molecule has 124 valence electrons. The van der Waals surface area contributed by atoms with Crippen molar-refractivity contribution in [3.63, 3.8) is 0 Å². The van der Waals surface area contributed by atoms with E-state index in [1.165, 1.54) is 19.2 Å². The van der Waals surface area contributed by atoms with Gasteiger partial charge in [0.1, 0.15) is 5.69 Å². The molecule has 0 aliphatic heterocycles. The second-order valence-corrected chi connectivity index (χ2v) is 4.15. The van der Waals surface area contributed by atoms with Gasteiger partial charge in [-0.3, -0.25) is 0 Å². The Kier molecular flexibility index (Phi) is 4.72. The second kappa shape index (κ2) is 6.55. The minimum atomic E-state index is -4.89. The zero-order chi connectivity index (χ0) is 17.0. The normalized spacial score (nSPS) is 11.2. The molecule has 0 aliphatic rings. The molecule has 1 heterocycles. The average molecular weight is 331 g/mol. The van der Waals surface area contributed by atoms with Gasteiger partial charge in [-0.2, -0.15) is 10.3 Å². The zero-order valence-corrected chi connectivity index (χ0v) is 12.1. The summed E-state index contributed by atoms with van der Waals surface area (Å²) >= 11 is 0. The Labute approximate surface area is 128 Å². The molecule has 0 radical (unpaired) electrons. The minimum absolute atomic E-state index is 0.0399. The largest absolute Gasteiger partial charge is 0.573 e. The van der Waals surface area contributed by atoms with Crippen molar-refractivity contribution in [2.75, 3.05) is 13.7 Å². The number of aromatic amines is 1. The maximum absolute atomic E-state index is 12.5. The maximum Gasteiger partial charge on any atom is 0.573 e. The van der Waals surface area contributed by atoms with E-state index in [9.17, 15) is 18.0 Å². The number of H-pyrrole nitrogens is 1. The van der Waals surface area contributed by atoms with E-state index < -0.39 is 18.1 Å². The molecule has 23 heavy (non-hydrogen) atoms. The van der Waals surface area contributed by atoms with Gasteiger partial charge in [0.05, 0.1) is 13.7 Å². The molecule has 0 amide bonds. The SMILES string of the molecule is CCOC(=O)c1n[nH]nc1-c1ccc(OC)c(OC(F)(F)F)c1. The van der Waals surface area contributed by atoms with Crippen LogP contribution in [0.2, 0.25) is 0 Å². The second-order valence-electron chi connectivity index (χ2n) is 4.15. The first-order valence-electron chi connectivity index (χ1n) is 6.37. The van der Waals surface area contributed by atoms with Crippen molar-refractivity contribution in [3.8, 4) is 22.8 Å². The van der Waals surface area contributed by atoms with Crippen LogP contribution in [-0.2, 0) is 4.74 Å². The number of esters is 1. The van der Waals surface area contributed by atoms with Gasteiger partial charge in [0.15, 0.2) is 17.2 Å². The zero-order valence-electron chi connectivity index (χ0n) is 12.1. The van der Waals surface area contributed by atoms with Crippen LogP contribution in [0.5, 0.6) is 11.5 Å². The average Bonchev–Trinajstić information content (AvgIpc) is 2.95. The molecule has 0 aliphatic carbocycles. The molecule has 2 aromatic rings. The third kappa shape index (κ3) is 3.90. The van der Waals surface area contributed by atoms with Crippen molar-refractivity contribution < 1.29 is 32.2 Å². The van der Waals surface area contributed by atoms with Crippen molar-refractivity contribution in [3.05, 3.63) is 23.9 Å². The molecule has 0 saturated carbocycles. The van der Waals surface area contributed by atoms with E-state index in [1.807, 2.05) is 0 Å². The number of nitrogens with one attached hydrogen (secondary N) is 1.